The van der Waals surface area contributed by atoms with Crippen LogP contribution in [0.25, 0.3) is 0 Å². The van der Waals surface area contributed by atoms with Crippen molar-refractivity contribution >= 4 is 11.9 Å². The Morgan fingerprint density at radius 2 is 1.71 bits per heavy atom. The summed E-state index contributed by atoms with van der Waals surface area (Å²) in [6, 6.07) is 10.2. The molecule has 3 atom stereocenters. The van der Waals surface area contributed by atoms with Crippen LogP contribution in [0.4, 0.5) is 4.79 Å². The lowest BCUT2D eigenvalue weighted by molar-refractivity contribution is -0.120. The van der Waals surface area contributed by atoms with Gasteiger partial charge in [-0.25, -0.2) is 4.79 Å². The number of rotatable bonds is 5. The highest BCUT2D eigenvalue weighted by atomic mass is 16.3. The number of benzene rings is 1. The van der Waals surface area contributed by atoms with E-state index in [1.807, 2.05) is 18.2 Å². The van der Waals surface area contributed by atoms with Crippen molar-refractivity contribution in [3.8, 4) is 0 Å². The number of amides is 3. The molecule has 0 spiro atoms. The van der Waals surface area contributed by atoms with Crippen LogP contribution in [0.3, 0.4) is 0 Å². The van der Waals surface area contributed by atoms with Crippen molar-refractivity contribution in [2.24, 2.45) is 0 Å². The minimum atomic E-state index is -0.568. The molecule has 0 aliphatic heterocycles. The van der Waals surface area contributed by atoms with E-state index in [1.165, 1.54) is 25.3 Å². The van der Waals surface area contributed by atoms with Crippen molar-refractivity contribution in [3.05, 3.63) is 35.9 Å². The molecule has 0 heterocycles. The first kappa shape index (κ1) is 20.6. The number of carbonyl (C=O) groups is 2. The molecule has 1 aromatic rings. The van der Waals surface area contributed by atoms with Crippen molar-refractivity contribution in [3.63, 3.8) is 0 Å². The van der Waals surface area contributed by atoms with Crippen LogP contribution >= 0.6 is 0 Å². The average Bonchev–Trinajstić information content (AvgIpc) is 3.14. The largest absolute Gasteiger partial charge is 0.391 e. The summed E-state index contributed by atoms with van der Waals surface area (Å²) < 4.78 is 0. The van der Waals surface area contributed by atoms with E-state index >= 15 is 0 Å². The molecule has 2 fully saturated rings. The van der Waals surface area contributed by atoms with Crippen LogP contribution < -0.4 is 16.0 Å². The molecule has 6 heteroatoms. The molecule has 3 amide bonds. The Kier molecular flexibility index (Phi) is 6.94. The first-order valence-electron chi connectivity index (χ1n) is 10.5. The predicted molar refractivity (Wildman–Crippen MR) is 109 cm³/mol. The lowest BCUT2D eigenvalue weighted by Crippen LogP contribution is -2.47. The van der Waals surface area contributed by atoms with E-state index in [9.17, 15) is 14.7 Å². The maximum Gasteiger partial charge on any atom is 0.315 e. The fourth-order valence-electron chi connectivity index (χ4n) is 4.72. The SMILES string of the molecule is CC(=O)N[C@H]1CC[C@](CNC(=O)NC2CCCC2)(c2ccccc2)CC[C@@H]1O. The number of nitrogens with one attached hydrogen (secondary N) is 3. The van der Waals surface area contributed by atoms with Gasteiger partial charge in [0.15, 0.2) is 0 Å². The topological polar surface area (TPSA) is 90.5 Å². The lowest BCUT2D eigenvalue weighted by Gasteiger charge is -2.34. The molecule has 2 aliphatic rings. The highest BCUT2D eigenvalue weighted by molar-refractivity contribution is 5.74. The maximum atomic E-state index is 12.4. The molecule has 2 saturated carbocycles. The fraction of sp³-hybridized carbons (Fsp3) is 0.636. The third-order valence-corrected chi connectivity index (χ3v) is 6.37. The smallest absolute Gasteiger partial charge is 0.315 e. The number of aliphatic hydroxyl groups is 1. The molecular formula is C22H33N3O3. The third kappa shape index (κ3) is 5.25. The minimum Gasteiger partial charge on any atom is -0.391 e. The van der Waals surface area contributed by atoms with Gasteiger partial charge in [0.25, 0.3) is 0 Å². The van der Waals surface area contributed by atoms with Crippen LogP contribution in [0.15, 0.2) is 30.3 Å². The van der Waals surface area contributed by atoms with Crippen molar-refractivity contribution in [1.82, 2.24) is 16.0 Å². The summed E-state index contributed by atoms with van der Waals surface area (Å²) in [5, 5.41) is 19.6. The zero-order valence-electron chi connectivity index (χ0n) is 16.7. The van der Waals surface area contributed by atoms with Gasteiger partial charge in [0.05, 0.1) is 12.1 Å². The second-order valence-corrected chi connectivity index (χ2v) is 8.41. The van der Waals surface area contributed by atoms with Gasteiger partial charge in [-0.2, -0.15) is 0 Å². The van der Waals surface area contributed by atoms with Gasteiger partial charge in [-0.1, -0.05) is 43.2 Å². The summed E-state index contributed by atoms with van der Waals surface area (Å²) in [6.45, 7) is 2.01. The van der Waals surface area contributed by atoms with Gasteiger partial charge in [0.2, 0.25) is 5.91 Å². The fourth-order valence-corrected chi connectivity index (χ4v) is 4.72. The first-order valence-corrected chi connectivity index (χ1v) is 10.5. The van der Waals surface area contributed by atoms with Crippen LogP contribution in [-0.2, 0) is 10.2 Å². The highest BCUT2D eigenvalue weighted by Crippen LogP contribution is 2.38. The second-order valence-electron chi connectivity index (χ2n) is 8.41. The summed E-state index contributed by atoms with van der Waals surface area (Å²) >= 11 is 0. The van der Waals surface area contributed by atoms with Gasteiger partial charge in [-0.3, -0.25) is 4.79 Å². The average molecular weight is 388 g/mol. The van der Waals surface area contributed by atoms with Gasteiger partial charge in [-0.15, -0.1) is 0 Å². The standard InChI is InChI=1S/C22H33N3O3/c1-16(26)24-19-11-13-22(14-12-20(19)27,17-7-3-2-4-8-17)15-23-21(28)25-18-9-5-6-10-18/h2-4,7-8,18-20,27H,5-6,9-15H2,1H3,(H,24,26)(H2,23,25,28)/t19-,20-,22-/m0/s1. The van der Waals surface area contributed by atoms with Gasteiger partial charge in [0.1, 0.15) is 0 Å². The maximum absolute atomic E-state index is 12.4. The minimum absolute atomic E-state index is 0.106. The van der Waals surface area contributed by atoms with E-state index in [2.05, 4.69) is 28.1 Å². The number of urea groups is 1. The Bertz CT molecular complexity index is 660. The van der Waals surface area contributed by atoms with E-state index < -0.39 is 6.10 Å². The Morgan fingerprint density at radius 1 is 1.04 bits per heavy atom. The molecule has 0 bridgehead atoms. The van der Waals surface area contributed by atoms with E-state index in [0.717, 1.165) is 25.7 Å². The number of hydrogen-bond donors (Lipinski definition) is 4. The van der Waals surface area contributed by atoms with Gasteiger partial charge < -0.3 is 21.1 Å². The van der Waals surface area contributed by atoms with E-state index in [1.54, 1.807) is 0 Å². The molecule has 2 aliphatic carbocycles. The number of carbonyl (C=O) groups excluding carboxylic acids is 2. The van der Waals surface area contributed by atoms with E-state index in [-0.39, 0.29) is 29.4 Å². The summed E-state index contributed by atoms with van der Waals surface area (Å²) in [5.74, 6) is -0.120. The van der Waals surface area contributed by atoms with Crippen LogP contribution in [-0.4, -0.2) is 41.8 Å². The second kappa shape index (κ2) is 9.41. The molecule has 0 aromatic heterocycles. The normalized spacial score (nSPS) is 28.4. The molecule has 0 radical (unpaired) electrons. The molecule has 0 saturated heterocycles. The van der Waals surface area contributed by atoms with E-state index in [0.29, 0.717) is 19.4 Å². The molecule has 6 nitrogen and oxygen atoms in total. The Morgan fingerprint density at radius 3 is 2.39 bits per heavy atom. The third-order valence-electron chi connectivity index (χ3n) is 6.37. The van der Waals surface area contributed by atoms with Crippen molar-refractivity contribution in [2.45, 2.75) is 81.9 Å². The number of hydrogen-bond acceptors (Lipinski definition) is 3. The predicted octanol–water partition coefficient (Wildman–Crippen LogP) is 2.61. The molecule has 4 N–H and O–H groups in total. The zero-order chi connectivity index (χ0) is 20.0. The van der Waals surface area contributed by atoms with Gasteiger partial charge in [-0.05, 0) is 44.1 Å². The van der Waals surface area contributed by atoms with Crippen LogP contribution in [0, 0.1) is 0 Å². The van der Waals surface area contributed by atoms with Gasteiger partial charge >= 0.3 is 6.03 Å². The Hall–Kier alpha value is -2.08. The summed E-state index contributed by atoms with van der Waals surface area (Å²) in [6.07, 6.45) is 6.74. The molecule has 3 rings (SSSR count). The first-order chi connectivity index (χ1) is 13.5. The molecule has 0 unspecified atom stereocenters. The molecule has 1 aromatic carbocycles. The quantitative estimate of drug-likeness (QED) is 0.586. The van der Waals surface area contributed by atoms with E-state index in [4.69, 9.17) is 0 Å². The van der Waals surface area contributed by atoms with Crippen LogP contribution in [0.1, 0.15) is 63.9 Å². The van der Waals surface area contributed by atoms with Crippen molar-refractivity contribution in [1.29, 1.82) is 0 Å². The molecule has 154 valence electrons. The van der Waals surface area contributed by atoms with Crippen LogP contribution in [0.2, 0.25) is 0 Å². The Balaban J connectivity index is 1.71. The number of aliphatic hydroxyl groups excluding tert-OH is 1. The van der Waals surface area contributed by atoms with Crippen LogP contribution in [0.5, 0.6) is 0 Å². The van der Waals surface area contributed by atoms with Crippen molar-refractivity contribution in [2.75, 3.05) is 6.54 Å². The van der Waals surface area contributed by atoms with Gasteiger partial charge in [0, 0.05) is 24.9 Å². The molecular weight excluding hydrogens is 354 g/mol. The monoisotopic (exact) mass is 387 g/mol. The highest BCUT2D eigenvalue weighted by Gasteiger charge is 2.38. The Labute approximate surface area is 167 Å². The zero-order valence-corrected chi connectivity index (χ0v) is 16.7. The summed E-state index contributed by atoms with van der Waals surface area (Å²) in [7, 11) is 0. The molecule has 28 heavy (non-hydrogen) atoms. The lowest BCUT2D eigenvalue weighted by atomic mass is 9.74. The summed E-state index contributed by atoms with van der Waals surface area (Å²) in [4.78, 5) is 23.9. The van der Waals surface area contributed by atoms with Crippen molar-refractivity contribution < 1.29 is 14.7 Å². The summed E-state index contributed by atoms with van der Waals surface area (Å²) in [5.41, 5.74) is 0.925.